The fourth-order valence-electron chi connectivity index (χ4n) is 5.16. The van der Waals surface area contributed by atoms with Gasteiger partial charge in [0, 0.05) is 26.3 Å². The number of carbonyl (C=O) groups is 3. The molecule has 9 heteroatoms. The molecular weight excluding hydrogens is 534 g/mol. The summed E-state index contributed by atoms with van der Waals surface area (Å²) in [5, 5.41) is 2.84. The van der Waals surface area contributed by atoms with Crippen molar-refractivity contribution >= 4 is 18.1 Å². The van der Waals surface area contributed by atoms with Crippen molar-refractivity contribution in [2.24, 2.45) is 0 Å². The predicted molar refractivity (Wildman–Crippen MR) is 164 cm³/mol. The first-order valence-corrected chi connectivity index (χ1v) is 16.4. The Hall–Kier alpha value is -2.68. The van der Waals surface area contributed by atoms with Crippen molar-refractivity contribution in [2.75, 3.05) is 19.8 Å². The quantitative estimate of drug-likeness (QED) is 0.146. The molecule has 0 saturated carbocycles. The van der Waals surface area contributed by atoms with Crippen molar-refractivity contribution in [1.29, 1.82) is 0 Å². The first-order valence-electron chi connectivity index (χ1n) is 16.4. The molecule has 0 bridgehead atoms. The smallest absolute Gasteiger partial charge is 0.416 e. The Balaban J connectivity index is 1.53. The molecule has 2 rings (SSSR count). The highest BCUT2D eigenvalue weighted by atomic mass is 16.6. The van der Waals surface area contributed by atoms with E-state index < -0.39 is 30.3 Å². The van der Waals surface area contributed by atoms with Crippen molar-refractivity contribution in [3.63, 3.8) is 0 Å². The van der Waals surface area contributed by atoms with Crippen LogP contribution in [0, 0.1) is 0 Å². The number of hydrogen-bond acceptors (Lipinski definition) is 7. The van der Waals surface area contributed by atoms with Crippen molar-refractivity contribution in [2.45, 2.75) is 142 Å². The summed E-state index contributed by atoms with van der Waals surface area (Å²) in [7, 11) is 0. The van der Waals surface area contributed by atoms with Crippen LogP contribution < -0.4 is 5.32 Å². The number of alkyl carbamates (subject to hydrolysis) is 1. The van der Waals surface area contributed by atoms with Gasteiger partial charge in [0.15, 0.2) is 0 Å². The van der Waals surface area contributed by atoms with Crippen LogP contribution in [0.25, 0.3) is 0 Å². The first kappa shape index (κ1) is 35.5. The second-order valence-corrected chi connectivity index (χ2v) is 11.4. The Bertz CT molecular complexity index is 869. The molecule has 1 aromatic rings. The third-order valence-electron chi connectivity index (χ3n) is 7.71. The van der Waals surface area contributed by atoms with E-state index in [4.69, 9.17) is 14.2 Å². The molecule has 0 unspecified atom stereocenters. The van der Waals surface area contributed by atoms with E-state index in [9.17, 15) is 14.4 Å². The van der Waals surface area contributed by atoms with Gasteiger partial charge in [0.1, 0.15) is 18.8 Å². The number of nitrogens with one attached hydrogen (secondary N) is 1. The summed E-state index contributed by atoms with van der Waals surface area (Å²) >= 11 is 0. The Labute approximate surface area is 253 Å². The topological polar surface area (TPSA) is 107 Å². The van der Waals surface area contributed by atoms with Gasteiger partial charge in [-0.2, -0.15) is 0 Å². The monoisotopic (exact) mass is 589 g/mol. The van der Waals surface area contributed by atoms with Crippen molar-refractivity contribution in [1.82, 2.24) is 15.2 Å². The van der Waals surface area contributed by atoms with Crippen LogP contribution in [0.2, 0.25) is 0 Å². The fraction of sp³-hybridized carbons (Fsp3) is 0.758. The van der Waals surface area contributed by atoms with Crippen LogP contribution in [-0.2, 0) is 25.5 Å². The van der Waals surface area contributed by atoms with Gasteiger partial charge in [-0.3, -0.25) is 9.78 Å². The minimum Gasteiger partial charge on any atom is -0.446 e. The molecule has 1 aromatic heterocycles. The van der Waals surface area contributed by atoms with Gasteiger partial charge in [0.25, 0.3) is 0 Å². The number of rotatable bonds is 21. The number of nitrogens with zero attached hydrogens (tertiary/aromatic N) is 2. The number of hydrogen-bond donors (Lipinski definition) is 1. The fourth-order valence-corrected chi connectivity index (χ4v) is 5.16. The van der Waals surface area contributed by atoms with E-state index in [1.807, 2.05) is 0 Å². The van der Waals surface area contributed by atoms with Crippen molar-refractivity contribution in [3.05, 3.63) is 30.1 Å². The average molecular weight is 590 g/mol. The summed E-state index contributed by atoms with van der Waals surface area (Å²) in [6.07, 6.45) is 20.1. The van der Waals surface area contributed by atoms with E-state index >= 15 is 0 Å². The standard InChI is InChI=1S/C33H55N3O6/c1-3-4-5-6-7-8-9-10-11-12-13-14-15-16-18-24-35-32(38)42-30-22-20-25-40-31(30)27-41-33(39)36(28(2)37)26-29-21-17-19-23-34-29/h17,19,21,23,30-31H,3-16,18,20,22,24-27H2,1-2H3,(H,35,38)/t30-,31+/m1/s1. The Kier molecular flexibility index (Phi) is 19.3. The van der Waals surface area contributed by atoms with Gasteiger partial charge in [0.2, 0.25) is 5.91 Å². The molecule has 0 aliphatic carbocycles. The average Bonchev–Trinajstić information content (AvgIpc) is 2.99. The molecule has 1 N–H and O–H groups in total. The zero-order valence-electron chi connectivity index (χ0n) is 26.2. The predicted octanol–water partition coefficient (Wildman–Crippen LogP) is 7.71. The molecule has 1 saturated heterocycles. The Morgan fingerprint density at radius 1 is 0.929 bits per heavy atom. The van der Waals surface area contributed by atoms with Gasteiger partial charge in [0.05, 0.1) is 12.2 Å². The Morgan fingerprint density at radius 2 is 1.55 bits per heavy atom. The molecule has 1 fully saturated rings. The van der Waals surface area contributed by atoms with Crippen molar-refractivity contribution in [3.8, 4) is 0 Å². The normalized spacial score (nSPS) is 16.5. The maximum atomic E-state index is 12.6. The molecule has 2 heterocycles. The molecule has 0 radical (unpaired) electrons. The largest absolute Gasteiger partial charge is 0.446 e. The highest BCUT2D eigenvalue weighted by Crippen LogP contribution is 2.19. The number of unbranched alkanes of at least 4 members (excludes halogenated alkanes) is 14. The molecule has 9 nitrogen and oxygen atoms in total. The number of amides is 3. The molecule has 1 aliphatic rings. The summed E-state index contributed by atoms with van der Waals surface area (Å²) in [4.78, 5) is 42.2. The van der Waals surface area contributed by atoms with E-state index in [0.717, 1.165) is 24.2 Å². The third kappa shape index (κ3) is 16.1. The molecule has 0 aromatic carbocycles. The lowest BCUT2D eigenvalue weighted by atomic mass is 10.0. The third-order valence-corrected chi connectivity index (χ3v) is 7.71. The SMILES string of the molecule is CCCCCCCCCCCCCCCCCNC(=O)O[C@@H]1CCCO[C@H]1COC(=O)N(Cc1ccccn1)C(C)=O. The molecule has 2 atom stereocenters. The van der Waals surface area contributed by atoms with Crippen LogP contribution in [0.15, 0.2) is 24.4 Å². The highest BCUT2D eigenvalue weighted by Gasteiger charge is 2.31. The summed E-state index contributed by atoms with van der Waals surface area (Å²) in [5.74, 6) is -0.443. The zero-order chi connectivity index (χ0) is 30.3. The number of pyridine rings is 1. The minimum atomic E-state index is -0.779. The van der Waals surface area contributed by atoms with Crippen LogP contribution in [0.5, 0.6) is 0 Å². The molecule has 1 aliphatic heterocycles. The second-order valence-electron chi connectivity index (χ2n) is 11.4. The van der Waals surface area contributed by atoms with Gasteiger partial charge in [-0.25, -0.2) is 14.5 Å². The number of aromatic nitrogens is 1. The lowest BCUT2D eigenvalue weighted by Gasteiger charge is -2.31. The number of ether oxygens (including phenoxy) is 3. The van der Waals surface area contributed by atoms with E-state index in [1.165, 1.54) is 90.4 Å². The van der Waals surface area contributed by atoms with Crippen LogP contribution in [0.4, 0.5) is 9.59 Å². The van der Waals surface area contributed by atoms with Crippen LogP contribution in [0.1, 0.15) is 129 Å². The number of carbonyl (C=O) groups excluding carboxylic acids is 3. The van der Waals surface area contributed by atoms with Crippen molar-refractivity contribution < 1.29 is 28.6 Å². The Morgan fingerprint density at radius 3 is 2.12 bits per heavy atom. The molecule has 0 spiro atoms. The maximum Gasteiger partial charge on any atom is 0.416 e. The molecule has 238 valence electrons. The van der Waals surface area contributed by atoms with E-state index in [2.05, 4.69) is 17.2 Å². The van der Waals surface area contributed by atoms with Crippen LogP contribution in [-0.4, -0.2) is 59.9 Å². The van der Waals surface area contributed by atoms with Gasteiger partial charge >= 0.3 is 12.2 Å². The summed E-state index contributed by atoms with van der Waals surface area (Å²) in [6, 6.07) is 5.28. The first-order chi connectivity index (χ1) is 20.5. The molecular formula is C33H55N3O6. The zero-order valence-corrected chi connectivity index (χ0v) is 26.2. The van der Waals surface area contributed by atoms with Gasteiger partial charge < -0.3 is 19.5 Å². The van der Waals surface area contributed by atoms with E-state index in [0.29, 0.717) is 25.3 Å². The lowest BCUT2D eigenvalue weighted by molar-refractivity contribution is -0.129. The maximum absolute atomic E-state index is 12.6. The minimum absolute atomic E-state index is 0.0160. The summed E-state index contributed by atoms with van der Waals surface area (Å²) < 4.78 is 16.7. The molecule has 42 heavy (non-hydrogen) atoms. The van der Waals surface area contributed by atoms with Gasteiger partial charge in [-0.1, -0.05) is 103 Å². The molecule has 3 amide bonds. The van der Waals surface area contributed by atoms with E-state index in [-0.39, 0.29) is 13.2 Å². The summed E-state index contributed by atoms with van der Waals surface area (Å²) in [6.45, 7) is 4.54. The summed E-state index contributed by atoms with van der Waals surface area (Å²) in [5.41, 5.74) is 0.575. The van der Waals surface area contributed by atoms with Gasteiger partial charge in [-0.05, 0) is 31.4 Å². The number of imide groups is 1. The van der Waals surface area contributed by atoms with E-state index in [1.54, 1.807) is 24.4 Å². The van der Waals surface area contributed by atoms with Gasteiger partial charge in [-0.15, -0.1) is 0 Å². The lowest BCUT2D eigenvalue weighted by Crippen LogP contribution is -2.44. The van der Waals surface area contributed by atoms with Crippen LogP contribution >= 0.6 is 0 Å². The second kappa shape index (κ2) is 22.9. The van der Waals surface area contributed by atoms with Crippen LogP contribution in [0.3, 0.4) is 0 Å². The highest BCUT2D eigenvalue weighted by molar-refractivity contribution is 5.90.